The third kappa shape index (κ3) is 7.97. The molecule has 162 valence electrons. The molecule has 2 heterocycles. The van der Waals surface area contributed by atoms with Gasteiger partial charge in [-0.25, -0.2) is 4.98 Å². The Kier molecular flexibility index (Phi) is 10.6. The highest BCUT2D eigenvalue weighted by Crippen LogP contribution is 2.21. The second-order valence-corrected chi connectivity index (χ2v) is 8.05. The molecule has 2 N–H and O–H groups in total. The van der Waals surface area contributed by atoms with E-state index in [1.165, 1.54) is 6.42 Å². The average Bonchev–Trinajstić information content (AvgIpc) is 3.07. The van der Waals surface area contributed by atoms with Gasteiger partial charge in [0.1, 0.15) is 5.65 Å². The van der Waals surface area contributed by atoms with E-state index in [1.807, 2.05) is 25.4 Å². The van der Waals surface area contributed by atoms with Gasteiger partial charge >= 0.3 is 0 Å². The number of nitrogen functional groups attached to an aromatic ring is 1. The van der Waals surface area contributed by atoms with Gasteiger partial charge in [0.15, 0.2) is 0 Å². The molecule has 0 saturated carbocycles. The number of ether oxygens (including phenoxy) is 1. The van der Waals surface area contributed by atoms with Crippen LogP contribution in [0.2, 0.25) is 0 Å². The van der Waals surface area contributed by atoms with Crippen molar-refractivity contribution in [2.45, 2.75) is 67.9 Å². The van der Waals surface area contributed by atoms with E-state index in [9.17, 15) is 0 Å². The maximum atomic E-state index is 5.87. The van der Waals surface area contributed by atoms with Crippen molar-refractivity contribution in [3.05, 3.63) is 29.2 Å². The lowest BCUT2D eigenvalue weighted by molar-refractivity contribution is 0.224. The molecule has 0 aliphatic carbocycles. The fraction of sp³-hybridized carbons (Fsp3) is 0.609. The monoisotopic (exact) mass is 401 g/mol. The van der Waals surface area contributed by atoms with E-state index >= 15 is 0 Å². The van der Waals surface area contributed by atoms with Crippen LogP contribution < -0.4 is 5.73 Å². The lowest BCUT2D eigenvalue weighted by Crippen LogP contribution is -2.07. The van der Waals surface area contributed by atoms with Gasteiger partial charge in [-0.3, -0.25) is 4.99 Å². The van der Waals surface area contributed by atoms with Crippen molar-refractivity contribution in [3.63, 3.8) is 0 Å². The number of hydrogen-bond acceptors (Lipinski definition) is 5. The second kappa shape index (κ2) is 12.4. The summed E-state index contributed by atoms with van der Waals surface area (Å²) in [4.78, 5) is 13.4. The summed E-state index contributed by atoms with van der Waals surface area (Å²) in [6.07, 6.45) is 6.11. The van der Waals surface area contributed by atoms with Gasteiger partial charge in [-0.2, -0.15) is 4.98 Å². The van der Waals surface area contributed by atoms with Gasteiger partial charge in [-0.15, -0.1) is 0 Å². The molecule has 2 aromatic heterocycles. The van der Waals surface area contributed by atoms with Crippen LogP contribution in [0.4, 0.5) is 5.95 Å². The Labute approximate surface area is 176 Å². The van der Waals surface area contributed by atoms with Crippen LogP contribution in [0, 0.1) is 11.8 Å². The van der Waals surface area contributed by atoms with E-state index in [0.29, 0.717) is 25.0 Å². The molecular weight excluding hydrogens is 362 g/mol. The Hall–Kier alpha value is -2.21. The zero-order valence-electron chi connectivity index (χ0n) is 19.5. The van der Waals surface area contributed by atoms with Crippen LogP contribution in [0.3, 0.4) is 0 Å². The van der Waals surface area contributed by atoms with E-state index in [-0.39, 0.29) is 0 Å². The predicted octanol–water partition coefficient (Wildman–Crippen LogP) is 5.28. The van der Waals surface area contributed by atoms with Gasteiger partial charge < -0.3 is 15.0 Å². The highest BCUT2D eigenvalue weighted by Gasteiger charge is 2.11. The van der Waals surface area contributed by atoms with Crippen molar-refractivity contribution >= 4 is 23.2 Å². The topological polar surface area (TPSA) is 78.3 Å². The van der Waals surface area contributed by atoms with Gasteiger partial charge in [0.2, 0.25) is 5.95 Å². The van der Waals surface area contributed by atoms with Crippen molar-refractivity contribution in [2.24, 2.45) is 16.8 Å². The third-order valence-electron chi connectivity index (χ3n) is 4.57. The van der Waals surface area contributed by atoms with E-state index < -0.39 is 0 Å². The number of nitrogens with two attached hydrogens (primary N) is 1. The summed E-state index contributed by atoms with van der Waals surface area (Å²) < 4.78 is 7.34. The number of methoxy groups -OCH3 is 1. The summed E-state index contributed by atoms with van der Waals surface area (Å²) in [5.41, 5.74) is 9.78. The number of aromatic nitrogens is 3. The van der Waals surface area contributed by atoms with E-state index in [2.05, 4.69) is 61.1 Å². The molecule has 2 aromatic rings. The fourth-order valence-corrected chi connectivity index (χ4v) is 2.53. The maximum Gasteiger partial charge on any atom is 0.222 e. The summed E-state index contributed by atoms with van der Waals surface area (Å²) >= 11 is 0. The largest absolute Gasteiger partial charge is 0.380 e. The molecule has 6 nitrogen and oxygen atoms in total. The van der Waals surface area contributed by atoms with E-state index in [1.54, 1.807) is 7.11 Å². The first-order chi connectivity index (χ1) is 13.7. The normalized spacial score (nSPS) is 12.6. The molecule has 0 aliphatic rings. The molecule has 0 amide bonds. The Balaban J connectivity index is 0.000000749. The van der Waals surface area contributed by atoms with Crippen molar-refractivity contribution in [1.82, 2.24) is 14.5 Å². The number of rotatable bonds is 8. The number of aryl methyl sites for hydroxylation is 1. The zero-order chi connectivity index (χ0) is 22.0. The SMILES string of the molecule is CCC(C)C.CCc1nc(N)nc2c1ccn2C/C(N=CC(C)C)=C(\C)COC. The van der Waals surface area contributed by atoms with Crippen LogP contribution in [-0.4, -0.2) is 34.5 Å². The minimum Gasteiger partial charge on any atom is -0.380 e. The molecule has 0 unspecified atom stereocenters. The van der Waals surface area contributed by atoms with Crippen LogP contribution in [-0.2, 0) is 17.7 Å². The highest BCUT2D eigenvalue weighted by molar-refractivity contribution is 5.80. The molecule has 29 heavy (non-hydrogen) atoms. The molecule has 0 spiro atoms. The number of hydrogen-bond donors (Lipinski definition) is 1. The minimum atomic E-state index is 0.309. The van der Waals surface area contributed by atoms with Gasteiger partial charge in [0.05, 0.1) is 24.5 Å². The Morgan fingerprint density at radius 1 is 1.24 bits per heavy atom. The molecule has 0 aliphatic heterocycles. The number of nitrogens with zero attached hydrogens (tertiary/aromatic N) is 4. The standard InChI is InChI=1S/C18H27N5O.C5H12/c1-6-15-14-7-8-23(17(14)22-18(19)21-15)10-16(13(4)11-24-5)20-9-12(2)3;1-4-5(2)3/h7-9,12H,6,10-11H2,1-5H3,(H2,19,21,22);5H,4H2,1-3H3/b16-13-,20-9?;. The Bertz CT molecular complexity index is 818. The summed E-state index contributed by atoms with van der Waals surface area (Å²) in [7, 11) is 1.69. The average molecular weight is 402 g/mol. The Morgan fingerprint density at radius 3 is 2.41 bits per heavy atom. The number of aliphatic imine (C=N–C) groups is 1. The van der Waals surface area contributed by atoms with Gasteiger partial charge in [-0.05, 0) is 36.8 Å². The first-order valence-electron chi connectivity index (χ1n) is 10.6. The summed E-state index contributed by atoms with van der Waals surface area (Å²) in [5, 5.41) is 1.04. The van der Waals surface area contributed by atoms with Crippen molar-refractivity contribution in [2.75, 3.05) is 19.5 Å². The van der Waals surface area contributed by atoms with Gasteiger partial charge in [-0.1, -0.05) is 48.0 Å². The molecule has 0 saturated heterocycles. The predicted molar refractivity (Wildman–Crippen MR) is 124 cm³/mol. The first-order valence-corrected chi connectivity index (χ1v) is 10.6. The molecule has 6 heteroatoms. The van der Waals surface area contributed by atoms with Crippen molar-refractivity contribution in [3.8, 4) is 0 Å². The molecule has 2 rings (SSSR count). The van der Waals surface area contributed by atoms with E-state index in [0.717, 1.165) is 40.3 Å². The van der Waals surface area contributed by atoms with Crippen LogP contribution in [0.1, 0.15) is 60.6 Å². The van der Waals surface area contributed by atoms with Crippen LogP contribution >= 0.6 is 0 Å². The molecule has 0 radical (unpaired) electrons. The summed E-state index contributed by atoms with van der Waals surface area (Å²) in [6.45, 7) is 16.2. The Morgan fingerprint density at radius 2 is 1.90 bits per heavy atom. The van der Waals surface area contributed by atoms with Crippen molar-refractivity contribution in [1.29, 1.82) is 0 Å². The first kappa shape index (κ1) is 24.8. The highest BCUT2D eigenvalue weighted by atomic mass is 16.5. The summed E-state index contributed by atoms with van der Waals surface area (Å²) in [5.74, 6) is 1.58. The number of anilines is 1. The number of fused-ring (bicyclic) bond motifs is 1. The van der Waals surface area contributed by atoms with E-state index in [4.69, 9.17) is 10.5 Å². The number of allylic oxidation sites excluding steroid dienone is 1. The third-order valence-corrected chi connectivity index (χ3v) is 4.57. The smallest absolute Gasteiger partial charge is 0.222 e. The second-order valence-electron chi connectivity index (χ2n) is 8.05. The molecule has 0 atom stereocenters. The van der Waals surface area contributed by atoms with Crippen LogP contribution in [0.15, 0.2) is 28.5 Å². The van der Waals surface area contributed by atoms with Gasteiger partial charge in [0.25, 0.3) is 0 Å². The molecule has 0 bridgehead atoms. The van der Waals surface area contributed by atoms with Crippen LogP contribution in [0.5, 0.6) is 0 Å². The lowest BCUT2D eigenvalue weighted by Gasteiger charge is -2.11. The fourth-order valence-electron chi connectivity index (χ4n) is 2.53. The van der Waals surface area contributed by atoms with Crippen LogP contribution in [0.25, 0.3) is 11.0 Å². The van der Waals surface area contributed by atoms with Crippen molar-refractivity contribution < 1.29 is 4.74 Å². The molecule has 0 aromatic carbocycles. The zero-order valence-corrected chi connectivity index (χ0v) is 19.5. The minimum absolute atomic E-state index is 0.309. The summed E-state index contributed by atoms with van der Waals surface area (Å²) in [6, 6.07) is 2.04. The molecule has 0 fully saturated rings. The quantitative estimate of drug-likeness (QED) is 0.611. The lowest BCUT2D eigenvalue weighted by atomic mass is 10.2. The molecular formula is C23H39N5O. The van der Waals surface area contributed by atoms with Gasteiger partial charge in [0, 0.05) is 24.9 Å². The maximum absolute atomic E-state index is 5.87.